The summed E-state index contributed by atoms with van der Waals surface area (Å²) in [4.78, 5) is 0. The molecule has 2 aromatic rings. The minimum atomic E-state index is 0.309. The normalized spacial score (nSPS) is 12.2. The van der Waals surface area contributed by atoms with E-state index in [0.29, 0.717) is 6.04 Å². The summed E-state index contributed by atoms with van der Waals surface area (Å²) in [6, 6.07) is 16.8. The molecular weight excluding hydrogens is 302 g/mol. The minimum Gasteiger partial charge on any atom is -0.497 e. The summed E-state index contributed by atoms with van der Waals surface area (Å²) in [5, 5.41) is 3.52. The van der Waals surface area contributed by atoms with Gasteiger partial charge in [-0.1, -0.05) is 40.2 Å². The molecule has 100 valence electrons. The van der Waals surface area contributed by atoms with E-state index in [1.54, 1.807) is 7.11 Å². The predicted molar refractivity (Wildman–Crippen MR) is 82.4 cm³/mol. The molecule has 0 amide bonds. The molecule has 2 rings (SSSR count). The average molecular weight is 320 g/mol. The zero-order valence-corrected chi connectivity index (χ0v) is 12.8. The number of benzene rings is 2. The van der Waals surface area contributed by atoms with Gasteiger partial charge in [0, 0.05) is 17.1 Å². The monoisotopic (exact) mass is 319 g/mol. The number of ether oxygens (including phenoxy) is 1. The fraction of sp³-hybridized carbons (Fsp3) is 0.250. The lowest BCUT2D eigenvalue weighted by Gasteiger charge is -2.15. The van der Waals surface area contributed by atoms with Gasteiger partial charge >= 0.3 is 0 Å². The quantitative estimate of drug-likeness (QED) is 0.886. The van der Waals surface area contributed by atoms with Crippen LogP contribution in [0.4, 0.5) is 0 Å². The molecule has 1 atom stereocenters. The minimum absolute atomic E-state index is 0.309. The molecule has 2 nitrogen and oxygen atoms in total. The molecule has 0 spiro atoms. The number of methoxy groups -OCH3 is 1. The molecule has 0 unspecified atom stereocenters. The Morgan fingerprint density at radius 3 is 2.68 bits per heavy atom. The number of nitrogens with one attached hydrogen (secondary N) is 1. The van der Waals surface area contributed by atoms with Gasteiger partial charge in [-0.25, -0.2) is 0 Å². The van der Waals surface area contributed by atoms with Crippen LogP contribution in [-0.2, 0) is 6.54 Å². The van der Waals surface area contributed by atoms with Crippen LogP contribution in [0.15, 0.2) is 53.0 Å². The first-order valence-corrected chi connectivity index (χ1v) is 7.10. The molecule has 0 aliphatic carbocycles. The first kappa shape index (κ1) is 14.1. The van der Waals surface area contributed by atoms with E-state index in [9.17, 15) is 0 Å². The van der Waals surface area contributed by atoms with Crippen LogP contribution < -0.4 is 10.1 Å². The van der Waals surface area contributed by atoms with Gasteiger partial charge < -0.3 is 10.1 Å². The molecule has 2 aromatic carbocycles. The van der Waals surface area contributed by atoms with Crippen molar-refractivity contribution in [3.05, 3.63) is 64.1 Å². The van der Waals surface area contributed by atoms with Crippen LogP contribution in [0.3, 0.4) is 0 Å². The van der Waals surface area contributed by atoms with Crippen molar-refractivity contribution in [2.45, 2.75) is 19.5 Å². The van der Waals surface area contributed by atoms with E-state index in [4.69, 9.17) is 4.74 Å². The SMILES string of the molecule is COc1cccc(CN[C@@H](C)c2cccc(Br)c2)c1. The average Bonchev–Trinajstić information content (AvgIpc) is 2.45. The molecular formula is C16H18BrNO. The molecule has 19 heavy (non-hydrogen) atoms. The van der Waals surface area contributed by atoms with Gasteiger partial charge in [-0.15, -0.1) is 0 Å². The molecule has 0 aromatic heterocycles. The molecule has 0 fully saturated rings. The lowest BCUT2D eigenvalue weighted by atomic mass is 10.1. The van der Waals surface area contributed by atoms with Gasteiger partial charge in [-0.2, -0.15) is 0 Å². The van der Waals surface area contributed by atoms with Crippen molar-refractivity contribution in [1.82, 2.24) is 5.32 Å². The van der Waals surface area contributed by atoms with Gasteiger partial charge in [0.05, 0.1) is 7.11 Å². The van der Waals surface area contributed by atoms with Gasteiger partial charge in [0.15, 0.2) is 0 Å². The van der Waals surface area contributed by atoms with Crippen molar-refractivity contribution >= 4 is 15.9 Å². The highest BCUT2D eigenvalue weighted by Crippen LogP contribution is 2.19. The van der Waals surface area contributed by atoms with Crippen LogP contribution in [-0.4, -0.2) is 7.11 Å². The number of hydrogen-bond acceptors (Lipinski definition) is 2. The van der Waals surface area contributed by atoms with E-state index in [2.05, 4.69) is 58.5 Å². The molecule has 0 aliphatic heterocycles. The Morgan fingerprint density at radius 1 is 1.16 bits per heavy atom. The molecule has 1 N–H and O–H groups in total. The second kappa shape index (κ2) is 6.73. The third-order valence-electron chi connectivity index (χ3n) is 3.10. The predicted octanol–water partition coefficient (Wildman–Crippen LogP) is 4.31. The third kappa shape index (κ3) is 4.08. The van der Waals surface area contributed by atoms with Crippen LogP contribution in [0, 0.1) is 0 Å². The van der Waals surface area contributed by atoms with Gasteiger partial charge in [-0.3, -0.25) is 0 Å². The summed E-state index contributed by atoms with van der Waals surface area (Å²) >= 11 is 3.50. The van der Waals surface area contributed by atoms with Gasteiger partial charge in [0.25, 0.3) is 0 Å². The first-order valence-electron chi connectivity index (χ1n) is 6.31. The maximum atomic E-state index is 5.23. The Bertz CT molecular complexity index is 542. The number of hydrogen-bond donors (Lipinski definition) is 1. The van der Waals surface area contributed by atoms with Crippen molar-refractivity contribution < 1.29 is 4.74 Å². The molecule has 3 heteroatoms. The second-order valence-corrected chi connectivity index (χ2v) is 5.42. The number of halogens is 1. The van der Waals surface area contributed by atoms with E-state index in [1.165, 1.54) is 11.1 Å². The Kier molecular flexibility index (Phi) is 5.00. The van der Waals surface area contributed by atoms with E-state index in [-0.39, 0.29) is 0 Å². The highest BCUT2D eigenvalue weighted by atomic mass is 79.9. The lowest BCUT2D eigenvalue weighted by Crippen LogP contribution is -2.18. The summed E-state index contributed by atoms with van der Waals surface area (Å²) < 4.78 is 6.34. The second-order valence-electron chi connectivity index (χ2n) is 4.51. The summed E-state index contributed by atoms with van der Waals surface area (Å²) in [6.07, 6.45) is 0. The van der Waals surface area contributed by atoms with Gasteiger partial charge in [0.2, 0.25) is 0 Å². The standard InChI is InChI=1S/C16H18BrNO/c1-12(14-6-4-7-15(17)10-14)18-11-13-5-3-8-16(9-13)19-2/h3-10,12,18H,11H2,1-2H3/t12-/m0/s1. The maximum absolute atomic E-state index is 5.23. The third-order valence-corrected chi connectivity index (χ3v) is 3.59. The molecule has 0 saturated carbocycles. The van der Waals surface area contributed by atoms with Crippen LogP contribution in [0.1, 0.15) is 24.1 Å². The lowest BCUT2D eigenvalue weighted by molar-refractivity contribution is 0.414. The van der Waals surface area contributed by atoms with E-state index in [1.807, 2.05) is 18.2 Å². The van der Waals surface area contributed by atoms with E-state index >= 15 is 0 Å². The Balaban J connectivity index is 1.98. The van der Waals surface area contributed by atoms with Crippen molar-refractivity contribution in [3.8, 4) is 5.75 Å². The molecule has 0 bridgehead atoms. The van der Waals surface area contributed by atoms with Crippen molar-refractivity contribution in [1.29, 1.82) is 0 Å². The highest BCUT2D eigenvalue weighted by molar-refractivity contribution is 9.10. The zero-order valence-electron chi connectivity index (χ0n) is 11.2. The van der Waals surface area contributed by atoms with Crippen molar-refractivity contribution in [2.75, 3.05) is 7.11 Å². The summed E-state index contributed by atoms with van der Waals surface area (Å²) in [6.45, 7) is 2.99. The number of rotatable bonds is 5. The summed E-state index contributed by atoms with van der Waals surface area (Å²) in [5.41, 5.74) is 2.50. The highest BCUT2D eigenvalue weighted by Gasteiger charge is 2.05. The van der Waals surface area contributed by atoms with E-state index < -0.39 is 0 Å². The Hall–Kier alpha value is -1.32. The van der Waals surface area contributed by atoms with Crippen molar-refractivity contribution in [3.63, 3.8) is 0 Å². The van der Waals surface area contributed by atoms with Crippen LogP contribution in [0.25, 0.3) is 0 Å². The largest absolute Gasteiger partial charge is 0.497 e. The summed E-state index contributed by atoms with van der Waals surface area (Å²) in [5.74, 6) is 0.898. The summed E-state index contributed by atoms with van der Waals surface area (Å²) in [7, 11) is 1.69. The van der Waals surface area contributed by atoms with Crippen LogP contribution in [0.5, 0.6) is 5.75 Å². The molecule has 0 saturated heterocycles. The van der Waals surface area contributed by atoms with Gasteiger partial charge in [-0.05, 0) is 42.3 Å². The molecule has 0 aliphatic rings. The zero-order chi connectivity index (χ0) is 13.7. The van der Waals surface area contributed by atoms with E-state index in [0.717, 1.165) is 16.8 Å². The Labute approximate surface area is 122 Å². The fourth-order valence-electron chi connectivity index (χ4n) is 1.95. The van der Waals surface area contributed by atoms with Crippen molar-refractivity contribution in [2.24, 2.45) is 0 Å². The smallest absolute Gasteiger partial charge is 0.119 e. The van der Waals surface area contributed by atoms with Gasteiger partial charge in [0.1, 0.15) is 5.75 Å². The van der Waals surface area contributed by atoms with Crippen LogP contribution in [0.2, 0.25) is 0 Å². The maximum Gasteiger partial charge on any atom is 0.119 e. The Morgan fingerprint density at radius 2 is 1.95 bits per heavy atom. The van der Waals surface area contributed by atoms with Crippen LogP contribution >= 0.6 is 15.9 Å². The molecule has 0 radical (unpaired) electrons. The first-order chi connectivity index (χ1) is 9.19. The molecule has 0 heterocycles. The fourth-order valence-corrected chi connectivity index (χ4v) is 2.36. The topological polar surface area (TPSA) is 21.3 Å².